The number of nitrogens with zero attached hydrogens (tertiary/aromatic N) is 1. The number of hydrogen-bond donors (Lipinski definition) is 1. The molecule has 7 nitrogen and oxygen atoms in total. The molecule has 0 bridgehead atoms. The first-order valence-electron chi connectivity index (χ1n) is 6.69. The summed E-state index contributed by atoms with van der Waals surface area (Å²) in [7, 11) is 2.74. The Balaban J connectivity index is 2.51. The summed E-state index contributed by atoms with van der Waals surface area (Å²) in [5.41, 5.74) is -0.667. The quantitative estimate of drug-likeness (QED) is 0.827. The topological polar surface area (TPSA) is 92.7 Å². The molecule has 1 amide bonds. The number of halogens is 3. The van der Waals surface area contributed by atoms with E-state index in [1.165, 1.54) is 32.4 Å². The van der Waals surface area contributed by atoms with Crippen molar-refractivity contribution in [2.24, 2.45) is 0 Å². The molecule has 1 heterocycles. The molecule has 1 aromatic heterocycles. The number of hydrogen-bond acceptors (Lipinski definition) is 6. The monoisotopic (exact) mass is 357 g/mol. The summed E-state index contributed by atoms with van der Waals surface area (Å²) in [6, 6.07) is 4.82. The summed E-state index contributed by atoms with van der Waals surface area (Å²) < 4.78 is 54.0. The second-order valence-electron chi connectivity index (χ2n) is 4.61. The van der Waals surface area contributed by atoms with Crippen molar-refractivity contribution in [3.05, 3.63) is 46.9 Å². The van der Waals surface area contributed by atoms with Crippen LogP contribution in [0.1, 0.15) is 16.1 Å². The lowest BCUT2D eigenvalue weighted by Crippen LogP contribution is -2.18. The number of carbonyl (C=O) groups is 1. The number of pyridine rings is 1. The summed E-state index contributed by atoms with van der Waals surface area (Å²) >= 11 is 0. The van der Waals surface area contributed by atoms with Gasteiger partial charge in [0.1, 0.15) is 17.2 Å². The average molecular weight is 357 g/mol. The lowest BCUT2D eigenvalue weighted by Gasteiger charge is -2.16. The lowest BCUT2D eigenvalue weighted by molar-refractivity contribution is -0.141. The summed E-state index contributed by atoms with van der Waals surface area (Å²) in [5.74, 6) is -1.10. The highest BCUT2D eigenvalue weighted by atomic mass is 19.4. The Labute approximate surface area is 139 Å². The van der Waals surface area contributed by atoms with Gasteiger partial charge in [-0.05, 0) is 12.1 Å². The number of methoxy groups -OCH3 is 2. The van der Waals surface area contributed by atoms with Gasteiger partial charge < -0.3 is 24.9 Å². The molecule has 1 N–H and O–H groups in total. The van der Waals surface area contributed by atoms with E-state index in [-0.39, 0.29) is 11.5 Å². The Morgan fingerprint density at radius 1 is 1.12 bits per heavy atom. The zero-order valence-electron chi connectivity index (χ0n) is 13.0. The first-order valence-corrected chi connectivity index (χ1v) is 6.69. The van der Waals surface area contributed by atoms with Gasteiger partial charge in [-0.3, -0.25) is 9.78 Å². The van der Waals surface area contributed by atoms with Gasteiger partial charge in [0.15, 0.2) is 11.5 Å². The van der Waals surface area contributed by atoms with E-state index < -0.39 is 29.1 Å². The minimum Gasteiger partial charge on any atom is -0.759 e. The predicted molar refractivity (Wildman–Crippen MR) is 79.7 cm³/mol. The van der Waals surface area contributed by atoms with Gasteiger partial charge >= 0.3 is 6.18 Å². The molecule has 2 aromatic rings. The van der Waals surface area contributed by atoms with Crippen molar-refractivity contribution in [3.63, 3.8) is 0 Å². The summed E-state index contributed by atoms with van der Waals surface area (Å²) in [5, 5.41) is 10.6. The van der Waals surface area contributed by atoms with Gasteiger partial charge in [-0.2, -0.15) is 13.2 Å². The molecule has 0 aliphatic heterocycles. The highest BCUT2D eigenvalue weighted by Crippen LogP contribution is 2.37. The molecule has 0 spiro atoms. The molecule has 0 aliphatic carbocycles. The summed E-state index contributed by atoms with van der Waals surface area (Å²) in [4.78, 5) is 14.7. The highest BCUT2D eigenvalue weighted by Gasteiger charge is 2.34. The number of rotatable bonds is 5. The van der Waals surface area contributed by atoms with E-state index in [1.54, 1.807) is 0 Å². The van der Waals surface area contributed by atoms with Crippen LogP contribution in [-0.2, 0) is 6.18 Å². The molecule has 2 rings (SSSR count). The Morgan fingerprint density at radius 2 is 1.84 bits per heavy atom. The van der Waals surface area contributed by atoms with Crippen molar-refractivity contribution in [1.82, 2.24) is 10.5 Å². The van der Waals surface area contributed by atoms with Crippen LogP contribution >= 0.6 is 0 Å². The smallest absolute Gasteiger partial charge is 0.433 e. The van der Waals surface area contributed by atoms with E-state index in [4.69, 9.17) is 14.2 Å². The van der Waals surface area contributed by atoms with E-state index in [9.17, 15) is 23.2 Å². The fourth-order valence-electron chi connectivity index (χ4n) is 1.88. The maximum Gasteiger partial charge on any atom is 0.433 e. The van der Waals surface area contributed by atoms with Crippen LogP contribution in [0.4, 0.5) is 13.2 Å². The average Bonchev–Trinajstić information content (AvgIpc) is 2.60. The zero-order chi connectivity index (χ0) is 18.6. The lowest BCUT2D eigenvalue weighted by atomic mass is 10.2. The van der Waals surface area contributed by atoms with Crippen molar-refractivity contribution >= 4 is 5.91 Å². The molecule has 10 heteroatoms. The molecular formula is C15H12F3N2O5-. The largest absolute Gasteiger partial charge is 0.759 e. The third-order valence-electron chi connectivity index (χ3n) is 3.08. The van der Waals surface area contributed by atoms with Crippen LogP contribution in [0.25, 0.3) is 0 Å². The second-order valence-corrected chi connectivity index (χ2v) is 4.61. The summed E-state index contributed by atoms with van der Waals surface area (Å²) in [6.07, 6.45) is -4.14. The molecule has 0 saturated heterocycles. The molecule has 0 saturated carbocycles. The van der Waals surface area contributed by atoms with Crippen LogP contribution in [0.5, 0.6) is 23.0 Å². The number of hydroxylamine groups is 1. The molecule has 0 atom stereocenters. The Kier molecular flexibility index (Phi) is 5.32. The van der Waals surface area contributed by atoms with E-state index in [0.29, 0.717) is 18.0 Å². The molecule has 0 unspecified atom stereocenters. The number of carbonyl (C=O) groups excluding carboxylic acids is 1. The first kappa shape index (κ1) is 18.3. The van der Waals surface area contributed by atoms with E-state index in [0.717, 1.165) is 5.48 Å². The third-order valence-corrected chi connectivity index (χ3v) is 3.08. The normalized spacial score (nSPS) is 11.0. The highest BCUT2D eigenvalue weighted by molar-refractivity contribution is 5.97. The second kappa shape index (κ2) is 7.26. The van der Waals surface area contributed by atoms with Crippen LogP contribution < -0.4 is 19.7 Å². The van der Waals surface area contributed by atoms with Gasteiger partial charge in [0.2, 0.25) is 5.91 Å². The van der Waals surface area contributed by atoms with Crippen LogP contribution in [0.15, 0.2) is 30.5 Å². The van der Waals surface area contributed by atoms with Crippen molar-refractivity contribution in [2.75, 3.05) is 14.2 Å². The minimum absolute atomic E-state index is 0.0163. The minimum atomic E-state index is -4.76. The van der Waals surface area contributed by atoms with Gasteiger partial charge in [-0.15, -0.1) is 0 Å². The molecule has 1 aromatic carbocycles. The van der Waals surface area contributed by atoms with Crippen molar-refractivity contribution in [3.8, 4) is 23.0 Å². The van der Waals surface area contributed by atoms with E-state index >= 15 is 0 Å². The van der Waals surface area contributed by atoms with Crippen molar-refractivity contribution < 1.29 is 32.2 Å². The third kappa shape index (κ3) is 4.10. The SMILES string of the molecule is COc1ccc(Oc2cc(C(F)(F)F)ncc2C(=O)N[O-])c(OC)c1. The van der Waals surface area contributed by atoms with Gasteiger partial charge in [-0.1, -0.05) is 0 Å². The Morgan fingerprint density at radius 3 is 2.40 bits per heavy atom. The van der Waals surface area contributed by atoms with Gasteiger partial charge in [0.25, 0.3) is 0 Å². The Hall–Kier alpha value is -3.01. The van der Waals surface area contributed by atoms with Gasteiger partial charge in [-0.25, -0.2) is 0 Å². The fraction of sp³-hybridized carbons (Fsp3) is 0.200. The van der Waals surface area contributed by atoms with Gasteiger partial charge in [0, 0.05) is 18.3 Å². The van der Waals surface area contributed by atoms with Crippen molar-refractivity contribution in [1.29, 1.82) is 0 Å². The Bertz CT molecular complexity index is 780. The standard InChI is InChI=1S/C15H12F3N2O5/c1-23-8-3-4-10(12(5-8)24-2)25-11-6-13(15(16,17)18)19-7-9(11)14(21)20-22/h3-7H,1-2H3,(H-,20,21,22)/q-1. The fourth-order valence-corrected chi connectivity index (χ4v) is 1.88. The number of aromatic nitrogens is 1. The summed E-state index contributed by atoms with van der Waals surface area (Å²) in [6.45, 7) is 0. The molecule has 134 valence electrons. The van der Waals surface area contributed by atoms with Crippen LogP contribution in [0, 0.1) is 5.21 Å². The number of amides is 1. The van der Waals surface area contributed by atoms with Gasteiger partial charge in [0.05, 0.1) is 19.8 Å². The van der Waals surface area contributed by atoms with E-state index in [2.05, 4.69) is 4.98 Å². The maximum atomic E-state index is 12.8. The predicted octanol–water partition coefficient (Wildman–Crippen LogP) is 3.14. The maximum absolute atomic E-state index is 12.8. The molecular weight excluding hydrogens is 345 g/mol. The number of alkyl halides is 3. The zero-order valence-corrected chi connectivity index (χ0v) is 13.0. The van der Waals surface area contributed by atoms with Crippen molar-refractivity contribution in [2.45, 2.75) is 6.18 Å². The van der Waals surface area contributed by atoms with E-state index in [1.807, 2.05) is 0 Å². The number of ether oxygens (including phenoxy) is 3. The molecule has 0 aliphatic rings. The molecule has 0 radical (unpaired) electrons. The molecule has 25 heavy (non-hydrogen) atoms. The number of benzene rings is 1. The molecule has 0 fully saturated rings. The van der Waals surface area contributed by atoms with Crippen LogP contribution in [-0.4, -0.2) is 25.1 Å². The van der Waals surface area contributed by atoms with Crippen LogP contribution in [0.3, 0.4) is 0 Å². The first-order chi connectivity index (χ1) is 11.8. The number of nitrogens with one attached hydrogen (secondary N) is 1. The van der Waals surface area contributed by atoms with Crippen LogP contribution in [0.2, 0.25) is 0 Å².